The molecule has 0 saturated carbocycles. The van der Waals surface area contributed by atoms with Crippen LogP contribution >= 0.6 is 11.6 Å². The molecule has 4 heteroatoms. The summed E-state index contributed by atoms with van der Waals surface area (Å²) in [6.07, 6.45) is -0.558. The Labute approximate surface area is 122 Å². The van der Waals surface area contributed by atoms with Gasteiger partial charge >= 0.3 is 0 Å². The van der Waals surface area contributed by atoms with E-state index in [4.69, 9.17) is 11.6 Å². The van der Waals surface area contributed by atoms with E-state index in [9.17, 15) is 5.11 Å². The van der Waals surface area contributed by atoms with Crippen molar-refractivity contribution < 1.29 is 5.11 Å². The van der Waals surface area contributed by atoms with Crippen LogP contribution in [-0.2, 0) is 5.66 Å². The summed E-state index contributed by atoms with van der Waals surface area (Å²) < 4.78 is 0. The van der Waals surface area contributed by atoms with Gasteiger partial charge in [-0.25, -0.2) is 4.90 Å². The molecule has 2 N–H and O–H groups in total. The van der Waals surface area contributed by atoms with Crippen molar-refractivity contribution in [1.82, 2.24) is 10.2 Å². The maximum atomic E-state index is 10.6. The summed E-state index contributed by atoms with van der Waals surface area (Å²) in [4.78, 5) is 2.11. The van der Waals surface area contributed by atoms with Crippen LogP contribution in [0.1, 0.15) is 22.9 Å². The van der Waals surface area contributed by atoms with E-state index in [0.29, 0.717) is 0 Å². The standard InChI is InChI=1S/C16H15ClN2O/c17-12-7-5-11(6-8-12)16-14-4-2-1-3-13(14)15(20)19(16)10-9-18-16/h1-8,15,18,20H,9-10H2/t15-,16-/m0/s1. The van der Waals surface area contributed by atoms with Gasteiger partial charge in [0.05, 0.1) is 0 Å². The molecular weight excluding hydrogens is 272 g/mol. The molecular formula is C16H15ClN2O. The largest absolute Gasteiger partial charge is 0.374 e. The molecule has 4 rings (SSSR count). The Hall–Kier alpha value is -1.39. The molecule has 0 unspecified atom stereocenters. The Morgan fingerprint density at radius 2 is 1.90 bits per heavy atom. The zero-order chi connectivity index (χ0) is 13.7. The second-order valence-electron chi connectivity index (χ2n) is 5.30. The monoisotopic (exact) mass is 286 g/mol. The summed E-state index contributed by atoms with van der Waals surface area (Å²) in [6, 6.07) is 15.9. The Kier molecular flexibility index (Phi) is 2.66. The molecule has 1 saturated heterocycles. The first-order valence-electron chi connectivity index (χ1n) is 6.79. The van der Waals surface area contributed by atoms with E-state index < -0.39 is 11.9 Å². The summed E-state index contributed by atoms with van der Waals surface area (Å²) in [7, 11) is 0. The summed E-state index contributed by atoms with van der Waals surface area (Å²) in [6.45, 7) is 1.67. The summed E-state index contributed by atoms with van der Waals surface area (Å²) >= 11 is 6.00. The summed E-state index contributed by atoms with van der Waals surface area (Å²) in [5.74, 6) is 0. The van der Waals surface area contributed by atoms with E-state index in [1.165, 1.54) is 0 Å². The summed E-state index contributed by atoms with van der Waals surface area (Å²) in [5.41, 5.74) is 2.80. The number of nitrogens with one attached hydrogen (secondary N) is 1. The molecule has 2 aromatic carbocycles. The second kappa shape index (κ2) is 4.30. The smallest absolute Gasteiger partial charge is 0.135 e. The Bertz CT molecular complexity index is 658. The van der Waals surface area contributed by atoms with Crippen molar-refractivity contribution in [2.45, 2.75) is 11.9 Å². The van der Waals surface area contributed by atoms with Crippen molar-refractivity contribution in [3.8, 4) is 0 Å². The number of aliphatic hydroxyl groups excluding tert-OH is 1. The zero-order valence-corrected chi connectivity index (χ0v) is 11.6. The maximum Gasteiger partial charge on any atom is 0.135 e. The lowest BCUT2D eigenvalue weighted by Gasteiger charge is -2.34. The third-order valence-corrected chi connectivity index (χ3v) is 4.60. The first-order valence-corrected chi connectivity index (χ1v) is 7.16. The van der Waals surface area contributed by atoms with Gasteiger partial charge in [-0.1, -0.05) is 48.0 Å². The van der Waals surface area contributed by atoms with Gasteiger partial charge in [-0.15, -0.1) is 0 Å². The highest BCUT2D eigenvalue weighted by Gasteiger charge is 2.53. The highest BCUT2D eigenvalue weighted by Crippen LogP contribution is 2.49. The molecule has 3 nitrogen and oxygen atoms in total. The normalized spacial score (nSPS) is 28.4. The van der Waals surface area contributed by atoms with Crippen molar-refractivity contribution >= 4 is 11.6 Å². The Morgan fingerprint density at radius 1 is 1.15 bits per heavy atom. The van der Waals surface area contributed by atoms with Gasteiger partial charge in [0, 0.05) is 23.7 Å². The molecule has 1 fully saturated rings. The van der Waals surface area contributed by atoms with Crippen molar-refractivity contribution in [3.63, 3.8) is 0 Å². The third-order valence-electron chi connectivity index (χ3n) is 4.35. The fourth-order valence-corrected chi connectivity index (χ4v) is 3.64. The quantitative estimate of drug-likeness (QED) is 0.845. The van der Waals surface area contributed by atoms with Crippen molar-refractivity contribution in [3.05, 3.63) is 70.2 Å². The van der Waals surface area contributed by atoms with Crippen LogP contribution < -0.4 is 5.32 Å². The van der Waals surface area contributed by atoms with Gasteiger partial charge in [0.1, 0.15) is 11.9 Å². The van der Waals surface area contributed by atoms with Crippen LogP contribution in [0.3, 0.4) is 0 Å². The number of fused-ring (bicyclic) bond motifs is 3. The number of nitrogens with zero attached hydrogens (tertiary/aromatic N) is 1. The minimum Gasteiger partial charge on any atom is -0.374 e. The van der Waals surface area contributed by atoms with Gasteiger partial charge < -0.3 is 5.11 Å². The number of rotatable bonds is 1. The molecule has 2 atom stereocenters. The van der Waals surface area contributed by atoms with Crippen LogP contribution in [0.2, 0.25) is 5.02 Å². The van der Waals surface area contributed by atoms with Crippen LogP contribution in [0, 0.1) is 0 Å². The van der Waals surface area contributed by atoms with Crippen LogP contribution in [-0.4, -0.2) is 23.1 Å². The van der Waals surface area contributed by atoms with Crippen molar-refractivity contribution in [1.29, 1.82) is 0 Å². The maximum absolute atomic E-state index is 10.6. The number of halogens is 1. The van der Waals surface area contributed by atoms with E-state index >= 15 is 0 Å². The molecule has 0 spiro atoms. The van der Waals surface area contributed by atoms with E-state index in [2.05, 4.69) is 16.3 Å². The fourth-order valence-electron chi connectivity index (χ4n) is 3.52. The Balaban J connectivity index is 1.96. The van der Waals surface area contributed by atoms with E-state index in [1.54, 1.807) is 0 Å². The van der Waals surface area contributed by atoms with E-state index in [0.717, 1.165) is 34.8 Å². The number of hydrogen-bond donors (Lipinski definition) is 2. The summed E-state index contributed by atoms with van der Waals surface area (Å²) in [5, 5.41) is 14.9. The van der Waals surface area contributed by atoms with Crippen LogP contribution in [0.15, 0.2) is 48.5 Å². The average molecular weight is 287 g/mol. The lowest BCUT2D eigenvalue weighted by Crippen LogP contribution is -2.46. The molecule has 0 radical (unpaired) electrons. The predicted octanol–water partition coefficient (Wildman–Crippen LogP) is 2.45. The molecule has 20 heavy (non-hydrogen) atoms. The molecule has 2 aromatic rings. The number of hydrogen-bond acceptors (Lipinski definition) is 3. The molecule has 2 aliphatic rings. The zero-order valence-electron chi connectivity index (χ0n) is 10.9. The first-order chi connectivity index (χ1) is 9.73. The highest BCUT2D eigenvalue weighted by molar-refractivity contribution is 6.30. The minimum absolute atomic E-state index is 0.430. The van der Waals surface area contributed by atoms with Crippen LogP contribution in [0.25, 0.3) is 0 Å². The first kappa shape index (κ1) is 12.4. The third kappa shape index (κ3) is 1.46. The van der Waals surface area contributed by atoms with Gasteiger partial charge in [0.15, 0.2) is 0 Å². The van der Waals surface area contributed by atoms with E-state index in [-0.39, 0.29) is 0 Å². The minimum atomic E-state index is -0.558. The average Bonchev–Trinajstić information content (AvgIpc) is 3.01. The fraction of sp³-hybridized carbons (Fsp3) is 0.250. The van der Waals surface area contributed by atoms with Crippen molar-refractivity contribution in [2.75, 3.05) is 13.1 Å². The molecule has 0 amide bonds. The SMILES string of the molecule is O[C@H]1c2ccccc2[C@@]2(c3ccc(Cl)cc3)NCCN12. The second-order valence-corrected chi connectivity index (χ2v) is 5.73. The molecule has 0 bridgehead atoms. The van der Waals surface area contributed by atoms with Crippen LogP contribution in [0.4, 0.5) is 0 Å². The molecule has 2 heterocycles. The van der Waals surface area contributed by atoms with Gasteiger partial charge in [-0.2, -0.15) is 0 Å². The van der Waals surface area contributed by atoms with E-state index in [1.807, 2.05) is 42.5 Å². The van der Waals surface area contributed by atoms with Gasteiger partial charge in [0.25, 0.3) is 0 Å². The lowest BCUT2D eigenvalue weighted by molar-refractivity contribution is -0.0173. The lowest BCUT2D eigenvalue weighted by atomic mass is 9.91. The molecule has 0 aromatic heterocycles. The topological polar surface area (TPSA) is 35.5 Å². The van der Waals surface area contributed by atoms with Gasteiger partial charge in [-0.05, 0) is 23.3 Å². The number of aliphatic hydroxyl groups is 1. The Morgan fingerprint density at radius 3 is 2.70 bits per heavy atom. The molecule has 102 valence electrons. The predicted molar refractivity (Wildman–Crippen MR) is 78.3 cm³/mol. The number of benzene rings is 2. The van der Waals surface area contributed by atoms with Crippen LogP contribution in [0.5, 0.6) is 0 Å². The highest BCUT2D eigenvalue weighted by atomic mass is 35.5. The molecule has 0 aliphatic carbocycles. The van der Waals surface area contributed by atoms with Gasteiger partial charge in [-0.3, -0.25) is 5.32 Å². The van der Waals surface area contributed by atoms with Crippen molar-refractivity contribution in [2.24, 2.45) is 0 Å². The van der Waals surface area contributed by atoms with Gasteiger partial charge in [0.2, 0.25) is 0 Å². The molecule has 2 aliphatic heterocycles.